The smallest absolute Gasteiger partial charge is 0.462 e. The molecular weight excluding hydrogens is 695 g/mol. The summed E-state index contributed by atoms with van der Waals surface area (Å²) in [5.41, 5.74) is 0. The van der Waals surface area contributed by atoms with E-state index in [1.54, 1.807) is 6.08 Å². The molecule has 0 radical (unpaired) electrons. The minimum Gasteiger partial charge on any atom is -0.462 e. The van der Waals surface area contributed by atoms with Crippen molar-refractivity contribution in [2.75, 3.05) is 26.4 Å². The first-order chi connectivity index (χ1) is 25.7. The summed E-state index contributed by atoms with van der Waals surface area (Å²) in [7, 11) is -4.65. The zero-order valence-corrected chi connectivity index (χ0v) is 33.3. The molecule has 302 valence electrons. The van der Waals surface area contributed by atoms with Crippen LogP contribution >= 0.6 is 7.82 Å². The number of aliphatic hydroxyl groups excluding tert-OH is 2. The number of aliphatic hydroxyl groups is 2. The van der Waals surface area contributed by atoms with Crippen molar-refractivity contribution in [3.8, 4) is 0 Å². The van der Waals surface area contributed by atoms with E-state index >= 15 is 0 Å². The van der Waals surface area contributed by atoms with Gasteiger partial charge in [-0.05, 0) is 70.6 Å². The lowest BCUT2D eigenvalue weighted by Crippen LogP contribution is -2.29. The average molecular weight is 765 g/mol. The maximum Gasteiger partial charge on any atom is 0.472 e. The molecule has 3 N–H and O–H groups in total. The highest BCUT2D eigenvalue weighted by molar-refractivity contribution is 7.47. The fraction of sp³-hybridized carbons (Fsp3) is 0.619. The Labute approximate surface area is 320 Å². The van der Waals surface area contributed by atoms with Gasteiger partial charge in [-0.3, -0.25) is 18.6 Å². The van der Waals surface area contributed by atoms with Gasteiger partial charge < -0.3 is 24.6 Å². The summed E-state index contributed by atoms with van der Waals surface area (Å²) in [6.45, 7) is 2.07. The van der Waals surface area contributed by atoms with Gasteiger partial charge in [0.25, 0.3) is 0 Å². The minimum atomic E-state index is -4.65. The number of phosphoric acid groups is 1. The van der Waals surface area contributed by atoms with Gasteiger partial charge in [0, 0.05) is 6.42 Å². The fourth-order valence-electron chi connectivity index (χ4n) is 4.57. The zero-order valence-electron chi connectivity index (χ0n) is 32.4. The number of phosphoric ester groups is 1. The Morgan fingerprint density at radius 1 is 0.604 bits per heavy atom. The number of carbonyl (C=O) groups excluding carboxylic acids is 2. The third kappa shape index (κ3) is 37.3. The Hall–Kier alpha value is -2.85. The van der Waals surface area contributed by atoms with Crippen LogP contribution in [0.4, 0.5) is 0 Å². The zero-order chi connectivity index (χ0) is 39.1. The van der Waals surface area contributed by atoms with Crippen LogP contribution in [0, 0.1) is 0 Å². The minimum absolute atomic E-state index is 0.0556. The monoisotopic (exact) mass is 764 g/mol. The fourth-order valence-corrected chi connectivity index (χ4v) is 5.36. The number of ether oxygens (including phenoxy) is 2. The number of carbonyl (C=O) groups is 2. The molecule has 0 aromatic carbocycles. The number of esters is 2. The molecular formula is C42H69O10P. The molecule has 0 bridgehead atoms. The van der Waals surface area contributed by atoms with Crippen LogP contribution in [-0.4, -0.2) is 65.7 Å². The molecule has 53 heavy (non-hydrogen) atoms. The number of unbranched alkanes of at least 4 members (excludes halogenated alkanes) is 8. The van der Waals surface area contributed by atoms with Gasteiger partial charge in [0.05, 0.1) is 26.2 Å². The molecule has 11 heteroatoms. The lowest BCUT2D eigenvalue weighted by molar-refractivity contribution is -0.160. The van der Waals surface area contributed by atoms with Crippen molar-refractivity contribution in [2.45, 2.75) is 142 Å². The van der Waals surface area contributed by atoms with Gasteiger partial charge in [-0.25, -0.2) is 4.57 Å². The van der Waals surface area contributed by atoms with Gasteiger partial charge in [-0.1, -0.05) is 131 Å². The normalized spacial score (nSPS) is 14.9. The van der Waals surface area contributed by atoms with E-state index in [9.17, 15) is 24.2 Å². The molecule has 3 unspecified atom stereocenters. The summed E-state index contributed by atoms with van der Waals surface area (Å²) in [5.74, 6) is -1.10. The van der Waals surface area contributed by atoms with Crippen molar-refractivity contribution in [1.29, 1.82) is 0 Å². The Morgan fingerprint density at radius 3 is 1.66 bits per heavy atom. The average Bonchev–Trinajstić information content (AvgIpc) is 3.14. The van der Waals surface area contributed by atoms with Crippen LogP contribution in [-0.2, 0) is 32.7 Å². The van der Waals surface area contributed by atoms with Gasteiger partial charge in [0.1, 0.15) is 12.7 Å². The largest absolute Gasteiger partial charge is 0.472 e. The van der Waals surface area contributed by atoms with Crippen LogP contribution < -0.4 is 0 Å². The first kappa shape index (κ1) is 50.1. The quantitative estimate of drug-likeness (QED) is 0.0246. The number of rotatable bonds is 35. The maximum atomic E-state index is 12.5. The molecule has 3 atom stereocenters. The van der Waals surface area contributed by atoms with Gasteiger partial charge >= 0.3 is 19.8 Å². The second-order valence-corrected chi connectivity index (χ2v) is 14.0. The highest BCUT2D eigenvalue weighted by atomic mass is 31.2. The predicted octanol–water partition coefficient (Wildman–Crippen LogP) is 9.88. The van der Waals surface area contributed by atoms with Crippen molar-refractivity contribution in [3.63, 3.8) is 0 Å². The van der Waals surface area contributed by atoms with Crippen LogP contribution in [0.2, 0.25) is 0 Å². The summed E-state index contributed by atoms with van der Waals surface area (Å²) in [5, 5.41) is 18.3. The van der Waals surface area contributed by atoms with Crippen molar-refractivity contribution < 1.29 is 47.8 Å². The topological polar surface area (TPSA) is 149 Å². The molecule has 10 nitrogen and oxygen atoms in total. The van der Waals surface area contributed by atoms with E-state index in [2.05, 4.69) is 79.1 Å². The van der Waals surface area contributed by atoms with Gasteiger partial charge in [0.2, 0.25) is 0 Å². The van der Waals surface area contributed by atoms with Gasteiger partial charge in [-0.15, -0.1) is 0 Å². The van der Waals surface area contributed by atoms with E-state index in [0.717, 1.165) is 70.6 Å². The highest BCUT2D eigenvalue weighted by Crippen LogP contribution is 2.43. The number of allylic oxidation sites excluding steroid dienone is 13. The van der Waals surface area contributed by atoms with Gasteiger partial charge in [-0.2, -0.15) is 0 Å². The second-order valence-electron chi connectivity index (χ2n) is 12.6. The lowest BCUT2D eigenvalue weighted by atomic mass is 10.1. The Kier molecular flexibility index (Phi) is 35.5. The van der Waals surface area contributed by atoms with Crippen LogP contribution in [0.5, 0.6) is 0 Å². The number of hydrogen-bond acceptors (Lipinski definition) is 9. The molecule has 0 aliphatic rings. The van der Waals surface area contributed by atoms with Crippen LogP contribution in [0.1, 0.15) is 129 Å². The summed E-state index contributed by atoms with van der Waals surface area (Å²) in [4.78, 5) is 34.8. The van der Waals surface area contributed by atoms with E-state index in [-0.39, 0.29) is 19.4 Å². The van der Waals surface area contributed by atoms with Gasteiger partial charge in [0.15, 0.2) is 6.10 Å². The third-order valence-corrected chi connectivity index (χ3v) is 8.52. The molecule has 0 aliphatic heterocycles. The number of hydrogen-bond donors (Lipinski definition) is 3. The van der Waals surface area contributed by atoms with E-state index in [0.29, 0.717) is 12.8 Å². The molecule has 0 heterocycles. The van der Waals surface area contributed by atoms with Crippen LogP contribution in [0.15, 0.2) is 85.1 Å². The Balaban J connectivity index is 4.54. The van der Waals surface area contributed by atoms with Crippen LogP contribution in [0.3, 0.4) is 0 Å². The molecule has 0 spiro atoms. The van der Waals surface area contributed by atoms with Crippen molar-refractivity contribution in [3.05, 3.63) is 85.1 Å². The molecule has 0 saturated carbocycles. The molecule has 0 amide bonds. The van der Waals surface area contributed by atoms with Crippen molar-refractivity contribution in [1.82, 2.24) is 0 Å². The SMILES string of the molecule is CC/C=C\C/C=C\C/C=C\C/C=C\C/C=C\CC(=O)OC(COC(=O)CCCCCCC/C=C\C/C=C\CCCCC)COP(=O)(O)OCC(O)CO. The maximum absolute atomic E-state index is 12.5. The standard InChI is InChI=1S/C42H69O10P/c1-3-5-7-9-11-13-15-17-19-21-23-25-27-29-31-33-41(45)49-37-40(38-51-53(47,48)50-36-39(44)35-43)52-42(46)34-32-30-28-26-24-22-20-18-16-14-12-10-8-6-4-2/h6,8,11-14,17-20,24,26,30,32,39-40,43-44H,3-5,7,9-10,15-16,21-23,25,27-29,31,33-38H2,1-2H3,(H,47,48)/b8-6-,13-11-,14-12-,19-17-,20-18-,26-24-,32-30-. The highest BCUT2D eigenvalue weighted by Gasteiger charge is 2.27. The van der Waals surface area contributed by atoms with Crippen molar-refractivity contribution in [2.24, 2.45) is 0 Å². The van der Waals surface area contributed by atoms with E-state index in [1.807, 2.05) is 18.2 Å². The summed E-state index contributed by atoms with van der Waals surface area (Å²) in [6.07, 6.45) is 42.9. The first-order valence-corrected chi connectivity index (χ1v) is 21.0. The summed E-state index contributed by atoms with van der Waals surface area (Å²) >= 11 is 0. The molecule has 0 aromatic rings. The third-order valence-electron chi connectivity index (χ3n) is 7.57. The molecule has 0 aliphatic carbocycles. The Morgan fingerprint density at radius 2 is 1.09 bits per heavy atom. The first-order valence-electron chi connectivity index (χ1n) is 19.5. The van der Waals surface area contributed by atoms with Crippen LogP contribution in [0.25, 0.3) is 0 Å². The Bertz CT molecular complexity index is 1150. The lowest BCUT2D eigenvalue weighted by Gasteiger charge is -2.20. The van der Waals surface area contributed by atoms with E-state index in [4.69, 9.17) is 19.1 Å². The predicted molar refractivity (Wildman–Crippen MR) is 214 cm³/mol. The van der Waals surface area contributed by atoms with E-state index in [1.165, 1.54) is 19.3 Å². The van der Waals surface area contributed by atoms with Crippen molar-refractivity contribution >= 4 is 19.8 Å². The molecule has 0 fully saturated rings. The van der Waals surface area contributed by atoms with E-state index < -0.39 is 51.8 Å². The second kappa shape index (κ2) is 37.5. The summed E-state index contributed by atoms with van der Waals surface area (Å²) in [6, 6.07) is 0. The molecule has 0 aromatic heterocycles. The summed E-state index contributed by atoms with van der Waals surface area (Å²) < 4.78 is 32.5. The molecule has 0 rings (SSSR count). The molecule has 0 saturated heterocycles.